The van der Waals surface area contributed by atoms with Crippen LogP contribution >= 0.6 is 0 Å². The van der Waals surface area contributed by atoms with Crippen LogP contribution in [0.3, 0.4) is 0 Å². The SMILES string of the molecule is CCCCc1cn(C2CCCCCCC2=O)c(=O)n1CC1(c2cccc(-c3nn[nH]n3)c2)C=CN=CC1. The van der Waals surface area contributed by atoms with Gasteiger partial charge >= 0.3 is 5.69 Å². The number of hydrogen-bond donors (Lipinski definition) is 1. The van der Waals surface area contributed by atoms with Crippen molar-refractivity contribution in [1.29, 1.82) is 0 Å². The van der Waals surface area contributed by atoms with E-state index in [0.29, 0.717) is 25.2 Å². The van der Waals surface area contributed by atoms with Crippen molar-refractivity contribution in [2.24, 2.45) is 4.99 Å². The molecular weight excluding hydrogens is 466 g/mol. The third-order valence-electron chi connectivity index (χ3n) is 7.75. The highest BCUT2D eigenvalue weighted by Crippen LogP contribution is 2.35. The first-order chi connectivity index (χ1) is 18.1. The number of hydrogen-bond acceptors (Lipinski definition) is 6. The van der Waals surface area contributed by atoms with Crippen molar-refractivity contribution in [1.82, 2.24) is 29.8 Å². The first-order valence-electron chi connectivity index (χ1n) is 13.5. The Labute approximate surface area is 216 Å². The Morgan fingerprint density at radius 1 is 1.16 bits per heavy atom. The van der Waals surface area contributed by atoms with E-state index in [1.165, 1.54) is 0 Å². The van der Waals surface area contributed by atoms with Crippen molar-refractivity contribution in [3.63, 3.8) is 0 Å². The minimum absolute atomic E-state index is 0.0883. The van der Waals surface area contributed by atoms with Gasteiger partial charge in [-0.2, -0.15) is 5.21 Å². The molecule has 1 fully saturated rings. The number of carbonyl (C=O) groups is 1. The van der Waals surface area contributed by atoms with Gasteiger partial charge in [-0.3, -0.25) is 18.9 Å². The van der Waals surface area contributed by atoms with E-state index in [-0.39, 0.29) is 17.5 Å². The van der Waals surface area contributed by atoms with Crippen LogP contribution in [0.2, 0.25) is 0 Å². The lowest BCUT2D eigenvalue weighted by Gasteiger charge is -2.32. The van der Waals surface area contributed by atoms with E-state index in [9.17, 15) is 9.59 Å². The lowest BCUT2D eigenvalue weighted by atomic mass is 9.76. The van der Waals surface area contributed by atoms with Crippen molar-refractivity contribution in [2.75, 3.05) is 0 Å². The molecule has 1 N–H and O–H groups in total. The predicted octanol–water partition coefficient (Wildman–Crippen LogP) is 4.56. The average Bonchev–Trinajstić information content (AvgIpc) is 3.55. The summed E-state index contributed by atoms with van der Waals surface area (Å²) in [4.78, 5) is 31.4. The molecule has 2 atom stereocenters. The summed E-state index contributed by atoms with van der Waals surface area (Å²) >= 11 is 0. The van der Waals surface area contributed by atoms with Gasteiger partial charge in [-0.25, -0.2) is 4.79 Å². The van der Waals surface area contributed by atoms with Gasteiger partial charge in [-0.05, 0) is 48.9 Å². The molecule has 5 rings (SSSR count). The van der Waals surface area contributed by atoms with Gasteiger partial charge in [0.1, 0.15) is 0 Å². The summed E-state index contributed by atoms with van der Waals surface area (Å²) in [6, 6.07) is 7.73. The number of benzene rings is 1. The molecule has 0 radical (unpaired) electrons. The number of imidazole rings is 1. The molecule has 0 spiro atoms. The van der Waals surface area contributed by atoms with Gasteiger partial charge in [-0.1, -0.05) is 56.9 Å². The molecule has 1 saturated carbocycles. The number of carbonyl (C=O) groups excluding carboxylic acids is 1. The van der Waals surface area contributed by atoms with Crippen LogP contribution in [0, 0.1) is 0 Å². The van der Waals surface area contributed by atoms with E-state index in [4.69, 9.17) is 0 Å². The predicted molar refractivity (Wildman–Crippen MR) is 143 cm³/mol. The molecule has 3 aromatic rings. The number of nitrogens with zero attached hydrogens (tertiary/aromatic N) is 6. The summed E-state index contributed by atoms with van der Waals surface area (Å²) in [5.41, 5.74) is 2.35. The fourth-order valence-electron chi connectivity index (χ4n) is 5.60. The number of aromatic nitrogens is 6. The Morgan fingerprint density at radius 2 is 2.05 bits per heavy atom. The molecular formula is C28H35N7O2. The van der Waals surface area contributed by atoms with Gasteiger partial charge in [0, 0.05) is 48.2 Å². The van der Waals surface area contributed by atoms with Crippen LogP contribution in [0.15, 0.2) is 52.5 Å². The highest BCUT2D eigenvalue weighted by Gasteiger charge is 2.34. The smallest absolute Gasteiger partial charge is 0.297 e. The molecule has 1 aliphatic heterocycles. The summed E-state index contributed by atoms with van der Waals surface area (Å²) in [7, 11) is 0. The number of H-pyrrole nitrogens is 1. The molecule has 0 amide bonds. The zero-order valence-corrected chi connectivity index (χ0v) is 21.5. The Kier molecular flexibility index (Phi) is 7.58. The molecule has 37 heavy (non-hydrogen) atoms. The molecule has 9 nitrogen and oxygen atoms in total. The second-order valence-corrected chi connectivity index (χ2v) is 10.3. The number of aryl methyl sites for hydroxylation is 1. The number of unbranched alkanes of at least 4 members (excludes halogenated alkanes) is 1. The summed E-state index contributed by atoms with van der Waals surface area (Å²) in [6.45, 7) is 2.63. The van der Waals surface area contributed by atoms with Crippen LogP contribution in [0.1, 0.15) is 82.0 Å². The molecule has 2 aliphatic rings. The Morgan fingerprint density at radius 3 is 2.84 bits per heavy atom. The van der Waals surface area contributed by atoms with E-state index in [2.05, 4.69) is 50.7 Å². The first kappa shape index (κ1) is 25.0. The molecule has 0 saturated heterocycles. The summed E-state index contributed by atoms with van der Waals surface area (Å²) in [6.07, 6.45) is 16.7. The molecule has 0 bridgehead atoms. The normalized spacial score (nSPS) is 22.2. The van der Waals surface area contributed by atoms with E-state index < -0.39 is 5.41 Å². The number of aliphatic imine (C=N–C) groups is 1. The third-order valence-corrected chi connectivity index (χ3v) is 7.75. The molecule has 2 aromatic heterocycles. The van der Waals surface area contributed by atoms with Gasteiger partial charge in [0.25, 0.3) is 0 Å². The number of nitrogens with one attached hydrogen (secondary N) is 1. The van der Waals surface area contributed by atoms with Crippen LogP contribution < -0.4 is 5.69 Å². The fraction of sp³-hybridized carbons (Fsp3) is 0.500. The zero-order valence-electron chi connectivity index (χ0n) is 21.5. The highest BCUT2D eigenvalue weighted by molar-refractivity contribution is 5.82. The van der Waals surface area contributed by atoms with Crippen molar-refractivity contribution in [3.05, 3.63) is 64.5 Å². The van der Waals surface area contributed by atoms with Gasteiger partial charge in [-0.15, -0.1) is 10.2 Å². The van der Waals surface area contributed by atoms with E-state index in [0.717, 1.165) is 68.2 Å². The lowest BCUT2D eigenvalue weighted by molar-refractivity contribution is -0.122. The number of allylic oxidation sites excluding steroid dienone is 1. The van der Waals surface area contributed by atoms with Gasteiger partial charge < -0.3 is 0 Å². The van der Waals surface area contributed by atoms with E-state index >= 15 is 0 Å². The highest BCUT2D eigenvalue weighted by atomic mass is 16.2. The van der Waals surface area contributed by atoms with Crippen LogP contribution in [-0.4, -0.2) is 41.8 Å². The Bertz CT molecular complexity index is 1330. The van der Waals surface area contributed by atoms with E-state index in [1.54, 1.807) is 4.57 Å². The minimum Gasteiger partial charge on any atom is -0.297 e. The molecule has 9 heteroatoms. The van der Waals surface area contributed by atoms with Crippen LogP contribution in [0.4, 0.5) is 0 Å². The molecule has 2 unspecified atom stereocenters. The first-order valence-corrected chi connectivity index (χ1v) is 13.5. The Balaban J connectivity index is 1.56. The van der Waals surface area contributed by atoms with Crippen molar-refractivity contribution in [3.8, 4) is 11.4 Å². The van der Waals surface area contributed by atoms with Gasteiger partial charge in [0.2, 0.25) is 5.82 Å². The van der Waals surface area contributed by atoms with Gasteiger partial charge in [0.05, 0.1) is 6.04 Å². The largest absolute Gasteiger partial charge is 0.329 e. The second-order valence-electron chi connectivity index (χ2n) is 10.3. The third kappa shape index (κ3) is 5.26. The number of rotatable bonds is 8. The molecule has 1 aliphatic carbocycles. The number of Topliss-reactive ketones (excluding diaryl/α,β-unsaturated/α-hetero) is 1. The summed E-state index contributed by atoms with van der Waals surface area (Å²) in [5, 5.41) is 14.5. The van der Waals surface area contributed by atoms with Crippen molar-refractivity contribution in [2.45, 2.75) is 89.1 Å². The quantitative estimate of drug-likeness (QED) is 0.486. The maximum atomic E-state index is 14.0. The van der Waals surface area contributed by atoms with Crippen LogP contribution in [0.5, 0.6) is 0 Å². The lowest BCUT2D eigenvalue weighted by Crippen LogP contribution is -2.38. The Hall–Kier alpha value is -3.62. The standard InChI is InChI=1S/C28H35N7O2/c1-2-3-11-23-19-34(24-12-6-4-5-7-13-25(24)36)27(37)35(23)20-28(14-16-29-17-15-28)22-10-8-9-21(18-22)26-30-32-33-31-26/h8-10,14,16-19,24H,2-7,11-13,15,20H2,1H3,(H,30,31,32,33). The minimum atomic E-state index is -0.469. The summed E-state index contributed by atoms with van der Waals surface area (Å²) in [5.74, 6) is 0.716. The number of ketones is 1. The van der Waals surface area contributed by atoms with Gasteiger partial charge in [0.15, 0.2) is 5.78 Å². The topological polar surface area (TPSA) is 111 Å². The number of tetrazole rings is 1. The average molecular weight is 502 g/mol. The summed E-state index contributed by atoms with van der Waals surface area (Å²) < 4.78 is 3.65. The number of aromatic amines is 1. The molecule has 194 valence electrons. The second kappa shape index (κ2) is 11.2. The van der Waals surface area contributed by atoms with Crippen LogP contribution in [-0.2, 0) is 23.2 Å². The molecule has 3 heterocycles. The van der Waals surface area contributed by atoms with E-state index in [1.807, 2.05) is 35.3 Å². The van der Waals surface area contributed by atoms with Crippen LogP contribution in [0.25, 0.3) is 11.4 Å². The fourth-order valence-corrected chi connectivity index (χ4v) is 5.60. The monoisotopic (exact) mass is 501 g/mol. The van der Waals surface area contributed by atoms with Crippen molar-refractivity contribution < 1.29 is 4.79 Å². The zero-order chi connectivity index (χ0) is 25.7. The maximum absolute atomic E-state index is 14.0. The molecule has 1 aromatic carbocycles. The van der Waals surface area contributed by atoms with Crippen molar-refractivity contribution >= 4 is 12.0 Å². The maximum Gasteiger partial charge on any atom is 0.329 e.